The number of carbonyl (C=O) groups is 2. The number of Topliss-reactive ketones (excluding diaryl/α,β-unsaturated/α-hetero) is 1. The van der Waals surface area contributed by atoms with Crippen LogP contribution in [-0.4, -0.2) is 37.1 Å². The maximum absolute atomic E-state index is 12.7. The van der Waals surface area contributed by atoms with Gasteiger partial charge in [-0.15, -0.1) is 0 Å². The molecule has 3 rings (SSSR count). The Morgan fingerprint density at radius 2 is 1.60 bits per heavy atom. The maximum Gasteiger partial charge on any atom is 0.338 e. The fourth-order valence-corrected chi connectivity index (χ4v) is 3.37. The van der Waals surface area contributed by atoms with Crippen molar-refractivity contribution < 1.29 is 23.8 Å². The van der Waals surface area contributed by atoms with Crippen molar-refractivity contribution in [1.29, 1.82) is 0 Å². The molecule has 0 radical (unpaired) electrons. The van der Waals surface area contributed by atoms with E-state index in [1.165, 1.54) is 0 Å². The first-order chi connectivity index (χ1) is 14.4. The smallest absolute Gasteiger partial charge is 0.338 e. The summed E-state index contributed by atoms with van der Waals surface area (Å²) in [7, 11) is 3.23. The number of ether oxygens (including phenoxy) is 3. The van der Waals surface area contributed by atoms with Gasteiger partial charge in [0.1, 0.15) is 5.75 Å². The Kier molecular flexibility index (Phi) is 6.69. The highest BCUT2D eigenvalue weighted by Crippen LogP contribution is 2.23. The highest BCUT2D eigenvalue weighted by molar-refractivity contribution is 6.00. The van der Waals surface area contributed by atoms with E-state index in [4.69, 9.17) is 14.2 Å². The van der Waals surface area contributed by atoms with Crippen LogP contribution >= 0.6 is 0 Å². The Bertz CT molecular complexity index is 1030. The van der Waals surface area contributed by atoms with Crippen LogP contribution in [-0.2, 0) is 16.1 Å². The topological polar surface area (TPSA) is 66.8 Å². The van der Waals surface area contributed by atoms with Crippen molar-refractivity contribution in [1.82, 2.24) is 4.57 Å². The molecular formula is C24H25NO5. The van der Waals surface area contributed by atoms with Crippen LogP contribution in [0.1, 0.15) is 37.7 Å². The molecule has 0 saturated heterocycles. The molecule has 2 aromatic carbocycles. The predicted molar refractivity (Wildman–Crippen MR) is 114 cm³/mol. The zero-order chi connectivity index (χ0) is 21.7. The summed E-state index contributed by atoms with van der Waals surface area (Å²) in [5.74, 6) is -0.0110. The zero-order valence-corrected chi connectivity index (χ0v) is 17.6. The standard InChI is InChI=1S/C24H25NO5/c1-16-13-22(17(2)25(16)20-9-11-21(29-4)12-10-20)23(26)15-30-24(27)19-7-5-18(6-8-19)14-28-3/h5-13H,14-15H2,1-4H3. The summed E-state index contributed by atoms with van der Waals surface area (Å²) in [5, 5.41) is 0. The molecule has 1 heterocycles. The fraction of sp³-hybridized carbons (Fsp3) is 0.250. The van der Waals surface area contributed by atoms with Crippen molar-refractivity contribution in [3.8, 4) is 11.4 Å². The molecule has 156 valence electrons. The molecule has 3 aromatic rings. The van der Waals surface area contributed by atoms with E-state index in [1.54, 1.807) is 38.5 Å². The van der Waals surface area contributed by atoms with Crippen LogP contribution < -0.4 is 4.74 Å². The van der Waals surface area contributed by atoms with Gasteiger partial charge in [-0.05, 0) is 61.9 Å². The SMILES string of the molecule is COCc1ccc(C(=O)OCC(=O)c2cc(C)n(-c3ccc(OC)cc3)c2C)cc1. The maximum atomic E-state index is 12.7. The number of methoxy groups -OCH3 is 2. The van der Waals surface area contributed by atoms with Crippen molar-refractivity contribution in [3.05, 3.63) is 82.7 Å². The van der Waals surface area contributed by atoms with Crippen molar-refractivity contribution in [2.24, 2.45) is 0 Å². The predicted octanol–water partition coefficient (Wildman–Crippen LogP) is 4.29. The number of aryl methyl sites for hydroxylation is 1. The van der Waals surface area contributed by atoms with Gasteiger partial charge in [-0.2, -0.15) is 0 Å². The lowest BCUT2D eigenvalue weighted by molar-refractivity contribution is 0.0474. The molecular weight excluding hydrogens is 382 g/mol. The van der Waals surface area contributed by atoms with E-state index in [0.717, 1.165) is 28.4 Å². The Labute approximate surface area is 176 Å². The monoisotopic (exact) mass is 407 g/mol. The number of benzene rings is 2. The normalized spacial score (nSPS) is 10.7. The largest absolute Gasteiger partial charge is 0.497 e. The van der Waals surface area contributed by atoms with Crippen LogP contribution in [0.2, 0.25) is 0 Å². The lowest BCUT2D eigenvalue weighted by Crippen LogP contribution is -2.15. The fourth-order valence-electron chi connectivity index (χ4n) is 3.37. The Hall–Kier alpha value is -3.38. The van der Waals surface area contributed by atoms with Gasteiger partial charge < -0.3 is 18.8 Å². The summed E-state index contributed by atoms with van der Waals surface area (Å²) in [6, 6.07) is 16.3. The van der Waals surface area contributed by atoms with E-state index in [1.807, 2.05) is 48.7 Å². The molecule has 0 spiro atoms. The first-order valence-corrected chi connectivity index (χ1v) is 9.56. The summed E-state index contributed by atoms with van der Waals surface area (Å²) in [6.07, 6.45) is 0. The minimum absolute atomic E-state index is 0.243. The average molecular weight is 407 g/mol. The van der Waals surface area contributed by atoms with E-state index in [-0.39, 0.29) is 12.4 Å². The third kappa shape index (κ3) is 4.60. The number of hydrogen-bond acceptors (Lipinski definition) is 5. The number of esters is 1. The average Bonchev–Trinajstić information content (AvgIpc) is 3.06. The first-order valence-electron chi connectivity index (χ1n) is 9.56. The van der Waals surface area contributed by atoms with Crippen molar-refractivity contribution in [3.63, 3.8) is 0 Å². The molecule has 0 saturated carbocycles. The number of nitrogens with zero attached hydrogens (tertiary/aromatic N) is 1. The minimum Gasteiger partial charge on any atom is -0.497 e. The summed E-state index contributed by atoms with van der Waals surface area (Å²) in [4.78, 5) is 25.0. The van der Waals surface area contributed by atoms with E-state index < -0.39 is 5.97 Å². The van der Waals surface area contributed by atoms with Gasteiger partial charge in [-0.3, -0.25) is 4.79 Å². The number of rotatable bonds is 8. The van der Waals surface area contributed by atoms with Gasteiger partial charge in [0.05, 0.1) is 19.3 Å². The van der Waals surface area contributed by atoms with Crippen molar-refractivity contribution in [2.75, 3.05) is 20.8 Å². The molecule has 1 aromatic heterocycles. The Morgan fingerprint density at radius 1 is 0.933 bits per heavy atom. The van der Waals surface area contributed by atoms with Gasteiger partial charge >= 0.3 is 5.97 Å². The number of aromatic nitrogens is 1. The quantitative estimate of drug-likeness (QED) is 0.412. The molecule has 0 atom stereocenters. The van der Waals surface area contributed by atoms with Crippen molar-refractivity contribution >= 4 is 11.8 Å². The molecule has 0 aliphatic heterocycles. The molecule has 30 heavy (non-hydrogen) atoms. The molecule has 0 unspecified atom stereocenters. The zero-order valence-electron chi connectivity index (χ0n) is 17.6. The molecule has 0 fully saturated rings. The van der Waals surface area contributed by atoms with Gasteiger partial charge in [-0.1, -0.05) is 12.1 Å². The van der Waals surface area contributed by atoms with Gasteiger partial charge in [-0.25, -0.2) is 4.79 Å². The molecule has 6 heteroatoms. The summed E-state index contributed by atoms with van der Waals surface area (Å²) >= 11 is 0. The Morgan fingerprint density at radius 3 is 2.20 bits per heavy atom. The Balaban J connectivity index is 1.70. The van der Waals surface area contributed by atoms with Gasteiger partial charge in [0, 0.05) is 29.7 Å². The third-order valence-corrected chi connectivity index (χ3v) is 4.90. The van der Waals surface area contributed by atoms with Crippen LogP contribution in [0.4, 0.5) is 0 Å². The second-order valence-electron chi connectivity index (χ2n) is 6.95. The first kappa shape index (κ1) is 21.3. The van der Waals surface area contributed by atoms with Gasteiger partial charge in [0.25, 0.3) is 0 Å². The highest BCUT2D eigenvalue weighted by Gasteiger charge is 2.18. The molecule has 0 N–H and O–H groups in total. The van der Waals surface area contributed by atoms with Gasteiger partial charge in [0.15, 0.2) is 6.61 Å². The number of ketones is 1. The van der Waals surface area contributed by atoms with Crippen LogP contribution in [0.15, 0.2) is 54.6 Å². The molecule has 0 amide bonds. The van der Waals surface area contributed by atoms with E-state index >= 15 is 0 Å². The molecule has 0 bridgehead atoms. The summed E-state index contributed by atoms with van der Waals surface area (Å²) in [6.45, 7) is 3.96. The lowest BCUT2D eigenvalue weighted by Gasteiger charge is -2.11. The minimum atomic E-state index is -0.531. The lowest BCUT2D eigenvalue weighted by atomic mass is 10.1. The van der Waals surface area contributed by atoms with E-state index in [9.17, 15) is 9.59 Å². The third-order valence-electron chi connectivity index (χ3n) is 4.90. The second-order valence-corrected chi connectivity index (χ2v) is 6.95. The van der Waals surface area contributed by atoms with Crippen LogP contribution in [0.25, 0.3) is 5.69 Å². The van der Waals surface area contributed by atoms with E-state index in [2.05, 4.69) is 0 Å². The number of carbonyl (C=O) groups excluding carboxylic acids is 2. The molecule has 0 aliphatic carbocycles. The molecule has 0 aliphatic rings. The summed E-state index contributed by atoms with van der Waals surface area (Å²) < 4.78 is 17.5. The van der Waals surface area contributed by atoms with E-state index in [0.29, 0.717) is 17.7 Å². The highest BCUT2D eigenvalue weighted by atomic mass is 16.5. The van der Waals surface area contributed by atoms with Crippen LogP contribution in [0, 0.1) is 13.8 Å². The van der Waals surface area contributed by atoms with Gasteiger partial charge in [0.2, 0.25) is 5.78 Å². The van der Waals surface area contributed by atoms with Crippen LogP contribution in [0.5, 0.6) is 5.75 Å². The van der Waals surface area contributed by atoms with Crippen LogP contribution in [0.3, 0.4) is 0 Å². The summed E-state index contributed by atoms with van der Waals surface area (Å²) in [5.41, 5.74) is 4.52. The van der Waals surface area contributed by atoms with Crippen molar-refractivity contribution in [2.45, 2.75) is 20.5 Å². The molecule has 6 nitrogen and oxygen atoms in total. The number of hydrogen-bond donors (Lipinski definition) is 0. The second kappa shape index (κ2) is 9.41.